The number of aromatic nitrogens is 2. The molecule has 0 spiro atoms. The van der Waals surface area contributed by atoms with Crippen LogP contribution < -0.4 is 4.90 Å². The molecule has 0 bridgehead atoms. The molecular formula is C19H20N4O2. The van der Waals surface area contributed by atoms with E-state index < -0.39 is 0 Å². The lowest BCUT2D eigenvalue weighted by molar-refractivity contribution is -0.120. The smallest absolute Gasteiger partial charge is 0.257 e. The Morgan fingerprint density at radius 2 is 1.92 bits per heavy atom. The van der Waals surface area contributed by atoms with Crippen molar-refractivity contribution in [2.24, 2.45) is 0 Å². The average molecular weight is 336 g/mol. The van der Waals surface area contributed by atoms with Gasteiger partial charge in [0.05, 0.1) is 11.3 Å². The summed E-state index contributed by atoms with van der Waals surface area (Å²) < 4.78 is 0. The summed E-state index contributed by atoms with van der Waals surface area (Å²) in [5.74, 6) is 1.05. The lowest BCUT2D eigenvalue weighted by Gasteiger charge is -2.34. The summed E-state index contributed by atoms with van der Waals surface area (Å²) in [5.41, 5.74) is 2.05. The molecule has 6 heteroatoms. The molecule has 1 aromatic heterocycles. The SMILES string of the molecule is Cc1nc(C2CC2)ncc1C(=O)N1CCN(c2ccccc2)C(=O)C1. The Morgan fingerprint density at radius 3 is 2.56 bits per heavy atom. The number of hydrogen-bond acceptors (Lipinski definition) is 4. The van der Waals surface area contributed by atoms with E-state index in [2.05, 4.69) is 9.97 Å². The molecule has 0 atom stereocenters. The molecule has 0 radical (unpaired) electrons. The van der Waals surface area contributed by atoms with E-state index in [0.717, 1.165) is 24.4 Å². The summed E-state index contributed by atoms with van der Waals surface area (Å²) >= 11 is 0. The number of carbonyl (C=O) groups is 2. The Kier molecular flexibility index (Phi) is 3.95. The van der Waals surface area contributed by atoms with Crippen molar-refractivity contribution in [1.82, 2.24) is 14.9 Å². The van der Waals surface area contributed by atoms with Crippen molar-refractivity contribution in [3.63, 3.8) is 0 Å². The summed E-state index contributed by atoms with van der Waals surface area (Å²) in [6, 6.07) is 9.54. The first-order valence-electron chi connectivity index (χ1n) is 8.61. The normalized spacial score (nSPS) is 17.7. The molecule has 25 heavy (non-hydrogen) atoms. The fourth-order valence-corrected chi connectivity index (χ4v) is 3.13. The number of para-hydroxylation sites is 1. The van der Waals surface area contributed by atoms with Gasteiger partial charge in [-0.05, 0) is 31.9 Å². The van der Waals surface area contributed by atoms with Gasteiger partial charge in [-0.1, -0.05) is 18.2 Å². The zero-order chi connectivity index (χ0) is 17.4. The van der Waals surface area contributed by atoms with E-state index in [9.17, 15) is 9.59 Å². The van der Waals surface area contributed by atoms with Crippen molar-refractivity contribution in [2.45, 2.75) is 25.7 Å². The van der Waals surface area contributed by atoms with Crippen LogP contribution in [0.2, 0.25) is 0 Å². The van der Waals surface area contributed by atoms with Crippen LogP contribution in [0.15, 0.2) is 36.5 Å². The predicted molar refractivity (Wildman–Crippen MR) is 93.4 cm³/mol. The number of carbonyl (C=O) groups excluding carboxylic acids is 2. The number of aryl methyl sites for hydroxylation is 1. The Labute approximate surface area is 146 Å². The number of nitrogens with zero attached hydrogens (tertiary/aromatic N) is 4. The van der Waals surface area contributed by atoms with E-state index in [1.807, 2.05) is 37.3 Å². The lowest BCUT2D eigenvalue weighted by atomic mass is 10.1. The monoisotopic (exact) mass is 336 g/mol. The Hall–Kier alpha value is -2.76. The first-order chi connectivity index (χ1) is 12.1. The zero-order valence-corrected chi connectivity index (χ0v) is 14.2. The van der Waals surface area contributed by atoms with Gasteiger partial charge in [0, 0.05) is 30.9 Å². The topological polar surface area (TPSA) is 66.4 Å². The minimum absolute atomic E-state index is 0.0704. The molecule has 1 aliphatic heterocycles. The van der Waals surface area contributed by atoms with Crippen LogP contribution in [0.1, 0.15) is 40.6 Å². The molecule has 2 aromatic rings. The highest BCUT2D eigenvalue weighted by atomic mass is 16.2. The third-order valence-electron chi connectivity index (χ3n) is 4.75. The highest BCUT2D eigenvalue weighted by Crippen LogP contribution is 2.38. The van der Waals surface area contributed by atoms with E-state index in [-0.39, 0.29) is 18.4 Å². The molecule has 1 saturated carbocycles. The Balaban J connectivity index is 1.48. The number of benzene rings is 1. The molecule has 0 unspecified atom stereocenters. The maximum absolute atomic E-state index is 12.8. The second kappa shape index (κ2) is 6.27. The maximum atomic E-state index is 12.8. The van der Waals surface area contributed by atoms with Crippen molar-refractivity contribution >= 4 is 17.5 Å². The van der Waals surface area contributed by atoms with Crippen molar-refractivity contribution in [3.05, 3.63) is 53.6 Å². The summed E-state index contributed by atoms with van der Waals surface area (Å²) in [5, 5.41) is 0. The fourth-order valence-electron chi connectivity index (χ4n) is 3.13. The molecule has 1 saturated heterocycles. The lowest BCUT2D eigenvalue weighted by Crippen LogP contribution is -2.52. The largest absolute Gasteiger partial charge is 0.327 e. The van der Waals surface area contributed by atoms with Crippen molar-refractivity contribution < 1.29 is 9.59 Å². The number of piperazine rings is 1. The predicted octanol–water partition coefficient (Wildman–Crippen LogP) is 2.15. The minimum Gasteiger partial charge on any atom is -0.327 e. The molecular weight excluding hydrogens is 316 g/mol. The van der Waals surface area contributed by atoms with Gasteiger partial charge in [-0.15, -0.1) is 0 Å². The van der Waals surface area contributed by atoms with Crippen LogP contribution in [0, 0.1) is 6.92 Å². The van der Waals surface area contributed by atoms with E-state index >= 15 is 0 Å². The molecule has 4 rings (SSSR count). The Bertz CT molecular complexity index is 817. The van der Waals surface area contributed by atoms with Gasteiger partial charge in [0.25, 0.3) is 5.91 Å². The van der Waals surface area contributed by atoms with Gasteiger partial charge in [0.15, 0.2) is 0 Å². The second-order valence-electron chi connectivity index (χ2n) is 6.61. The standard InChI is InChI=1S/C19H20N4O2/c1-13-16(11-20-18(21-13)14-7-8-14)19(25)22-9-10-23(17(24)12-22)15-5-3-2-4-6-15/h2-6,11,14H,7-10,12H2,1H3. The highest BCUT2D eigenvalue weighted by molar-refractivity contribution is 6.01. The number of anilines is 1. The van der Waals surface area contributed by atoms with E-state index in [1.165, 1.54) is 0 Å². The van der Waals surface area contributed by atoms with Crippen molar-refractivity contribution in [3.8, 4) is 0 Å². The molecule has 128 valence electrons. The molecule has 2 fully saturated rings. The van der Waals surface area contributed by atoms with Crippen LogP contribution >= 0.6 is 0 Å². The second-order valence-corrected chi connectivity index (χ2v) is 6.61. The van der Waals surface area contributed by atoms with Gasteiger partial charge >= 0.3 is 0 Å². The molecule has 2 aliphatic rings. The van der Waals surface area contributed by atoms with E-state index in [0.29, 0.717) is 30.3 Å². The molecule has 2 heterocycles. The van der Waals surface area contributed by atoms with Crippen LogP contribution in [0.5, 0.6) is 0 Å². The minimum atomic E-state index is -0.166. The van der Waals surface area contributed by atoms with Crippen molar-refractivity contribution in [1.29, 1.82) is 0 Å². The first kappa shape index (κ1) is 15.7. The summed E-state index contributed by atoms with van der Waals surface area (Å²) in [6.07, 6.45) is 3.87. The van der Waals surface area contributed by atoms with Crippen LogP contribution in [0.3, 0.4) is 0 Å². The summed E-state index contributed by atoms with van der Waals surface area (Å²) in [7, 11) is 0. The van der Waals surface area contributed by atoms with Gasteiger partial charge in [-0.3, -0.25) is 9.59 Å². The fraction of sp³-hybridized carbons (Fsp3) is 0.368. The molecule has 0 N–H and O–H groups in total. The van der Waals surface area contributed by atoms with Crippen LogP contribution in [-0.2, 0) is 4.79 Å². The van der Waals surface area contributed by atoms with Gasteiger partial charge < -0.3 is 9.80 Å². The van der Waals surface area contributed by atoms with Gasteiger partial charge in [-0.2, -0.15) is 0 Å². The third-order valence-corrected chi connectivity index (χ3v) is 4.75. The highest BCUT2D eigenvalue weighted by Gasteiger charge is 2.31. The quantitative estimate of drug-likeness (QED) is 0.861. The molecule has 1 aromatic carbocycles. The third kappa shape index (κ3) is 3.12. The van der Waals surface area contributed by atoms with Crippen molar-refractivity contribution in [2.75, 3.05) is 24.5 Å². The molecule has 6 nitrogen and oxygen atoms in total. The average Bonchev–Trinajstić information content (AvgIpc) is 3.47. The van der Waals surface area contributed by atoms with Gasteiger partial charge in [0.2, 0.25) is 5.91 Å². The number of rotatable bonds is 3. The summed E-state index contributed by atoms with van der Waals surface area (Å²) in [4.78, 5) is 37.4. The van der Waals surface area contributed by atoms with E-state index in [1.54, 1.807) is 16.0 Å². The maximum Gasteiger partial charge on any atom is 0.257 e. The first-order valence-corrected chi connectivity index (χ1v) is 8.61. The summed E-state index contributed by atoms with van der Waals surface area (Å²) in [6.45, 7) is 2.91. The van der Waals surface area contributed by atoms with Gasteiger partial charge in [0.1, 0.15) is 12.4 Å². The van der Waals surface area contributed by atoms with Crippen LogP contribution in [0.4, 0.5) is 5.69 Å². The van der Waals surface area contributed by atoms with Gasteiger partial charge in [-0.25, -0.2) is 9.97 Å². The van der Waals surface area contributed by atoms with E-state index in [4.69, 9.17) is 0 Å². The molecule has 2 amide bonds. The number of hydrogen-bond donors (Lipinski definition) is 0. The Morgan fingerprint density at radius 1 is 1.16 bits per heavy atom. The van der Waals surface area contributed by atoms with Crippen LogP contribution in [-0.4, -0.2) is 46.3 Å². The number of amides is 2. The van der Waals surface area contributed by atoms with Crippen LogP contribution in [0.25, 0.3) is 0 Å². The molecule has 1 aliphatic carbocycles. The zero-order valence-electron chi connectivity index (χ0n) is 14.2.